The van der Waals surface area contributed by atoms with Crippen molar-refractivity contribution >= 4 is 11.8 Å². The van der Waals surface area contributed by atoms with Gasteiger partial charge in [0.15, 0.2) is 0 Å². The molecular formula is C23H32N2O4. The normalized spacial score (nSPS) is 10.7. The van der Waals surface area contributed by atoms with E-state index in [1.54, 1.807) is 16.9 Å². The monoisotopic (exact) mass is 400 g/mol. The maximum atomic E-state index is 13.1. The average molecular weight is 401 g/mol. The summed E-state index contributed by atoms with van der Waals surface area (Å²) in [6, 6.07) is 13.9. The first-order valence-electron chi connectivity index (χ1n) is 10.2. The molecule has 0 saturated heterocycles. The summed E-state index contributed by atoms with van der Waals surface area (Å²) >= 11 is 0. The Morgan fingerprint density at radius 1 is 1.00 bits per heavy atom. The molecule has 2 rings (SSSR count). The maximum absolute atomic E-state index is 13.1. The number of ether oxygens (including phenoxy) is 1. The Labute approximate surface area is 173 Å². The zero-order valence-electron chi connectivity index (χ0n) is 17.7. The van der Waals surface area contributed by atoms with Crippen molar-refractivity contribution in [2.45, 2.75) is 39.7 Å². The molecule has 1 aromatic heterocycles. The lowest BCUT2D eigenvalue weighted by Crippen LogP contribution is -2.43. The Balaban J connectivity index is 2.07. The number of rotatable bonds is 12. The van der Waals surface area contributed by atoms with Gasteiger partial charge in [0.25, 0.3) is 0 Å². The number of carbonyl (C=O) groups is 2. The van der Waals surface area contributed by atoms with Crippen molar-refractivity contribution in [1.82, 2.24) is 9.80 Å². The summed E-state index contributed by atoms with van der Waals surface area (Å²) in [6.45, 7) is 5.81. The Hall–Kier alpha value is -2.60. The van der Waals surface area contributed by atoms with E-state index in [0.29, 0.717) is 39.1 Å². The molecular weight excluding hydrogens is 368 g/mol. The molecule has 6 nitrogen and oxygen atoms in total. The number of benzene rings is 1. The number of hydrogen-bond acceptors (Lipinski definition) is 4. The van der Waals surface area contributed by atoms with Crippen LogP contribution in [-0.2, 0) is 27.3 Å². The van der Waals surface area contributed by atoms with Gasteiger partial charge in [-0.1, -0.05) is 37.3 Å². The van der Waals surface area contributed by atoms with Crippen LogP contribution < -0.4 is 0 Å². The third kappa shape index (κ3) is 7.74. The Bertz CT molecular complexity index is 757. The fraction of sp³-hybridized carbons (Fsp3) is 0.478. The first-order chi connectivity index (χ1) is 14.0. The molecule has 0 bridgehead atoms. The van der Waals surface area contributed by atoms with Gasteiger partial charge >= 0.3 is 0 Å². The van der Waals surface area contributed by atoms with E-state index in [1.165, 1.54) is 5.56 Å². The molecule has 0 saturated carbocycles. The molecule has 0 unspecified atom stereocenters. The van der Waals surface area contributed by atoms with Crippen LogP contribution in [0.5, 0.6) is 0 Å². The first-order valence-corrected chi connectivity index (χ1v) is 10.2. The molecule has 0 fully saturated rings. The summed E-state index contributed by atoms with van der Waals surface area (Å²) in [6.07, 6.45) is 1.83. The fourth-order valence-corrected chi connectivity index (χ4v) is 3.14. The lowest BCUT2D eigenvalue weighted by Gasteiger charge is -2.27. The molecule has 0 atom stereocenters. The van der Waals surface area contributed by atoms with E-state index in [4.69, 9.17) is 9.15 Å². The number of aryl methyl sites for hydroxylation is 1. The predicted octanol–water partition coefficient (Wildman–Crippen LogP) is 3.43. The smallest absolute Gasteiger partial charge is 0.242 e. The van der Waals surface area contributed by atoms with E-state index in [-0.39, 0.29) is 18.4 Å². The highest BCUT2D eigenvalue weighted by atomic mass is 16.5. The summed E-state index contributed by atoms with van der Waals surface area (Å²) in [5.74, 6) is 1.47. The molecule has 0 radical (unpaired) electrons. The van der Waals surface area contributed by atoms with Crippen LogP contribution in [0.2, 0.25) is 0 Å². The first kappa shape index (κ1) is 22.7. The lowest BCUT2D eigenvalue weighted by molar-refractivity contribution is -0.141. The Morgan fingerprint density at radius 2 is 1.76 bits per heavy atom. The summed E-state index contributed by atoms with van der Waals surface area (Å²) in [5, 5.41) is 0. The van der Waals surface area contributed by atoms with Gasteiger partial charge in [-0.25, -0.2) is 0 Å². The van der Waals surface area contributed by atoms with Crippen LogP contribution in [0, 0.1) is 6.92 Å². The van der Waals surface area contributed by atoms with Gasteiger partial charge in [-0.15, -0.1) is 0 Å². The van der Waals surface area contributed by atoms with Gasteiger partial charge in [-0.2, -0.15) is 0 Å². The molecule has 158 valence electrons. The predicted molar refractivity (Wildman–Crippen MR) is 112 cm³/mol. The SMILES string of the molecule is CCC(=O)N(CCCOC)CC(=O)N(CCc1ccccc1)Cc1ccc(C)o1. The third-order valence-electron chi connectivity index (χ3n) is 4.77. The van der Waals surface area contributed by atoms with E-state index in [0.717, 1.165) is 17.9 Å². The van der Waals surface area contributed by atoms with E-state index in [1.807, 2.05) is 44.2 Å². The molecule has 1 aromatic carbocycles. The molecule has 2 amide bonds. The van der Waals surface area contributed by atoms with Crippen molar-refractivity contribution in [3.05, 3.63) is 59.5 Å². The standard InChI is InChI=1S/C23H32N2O4/c1-4-22(26)24(14-8-16-28-3)18-23(27)25(17-21-12-11-19(2)29-21)15-13-20-9-6-5-7-10-20/h5-7,9-12H,4,8,13-18H2,1-3H3. The van der Waals surface area contributed by atoms with E-state index < -0.39 is 0 Å². The minimum atomic E-state index is -0.0748. The van der Waals surface area contributed by atoms with Gasteiger partial charge in [0, 0.05) is 33.2 Å². The van der Waals surface area contributed by atoms with Gasteiger partial charge < -0.3 is 19.0 Å². The molecule has 1 heterocycles. The molecule has 0 N–H and O–H groups in total. The van der Waals surface area contributed by atoms with E-state index in [2.05, 4.69) is 12.1 Å². The highest BCUT2D eigenvalue weighted by molar-refractivity contribution is 5.84. The van der Waals surface area contributed by atoms with Crippen LogP contribution >= 0.6 is 0 Å². The summed E-state index contributed by atoms with van der Waals surface area (Å²) in [4.78, 5) is 28.8. The van der Waals surface area contributed by atoms with Crippen LogP contribution in [0.25, 0.3) is 0 Å². The molecule has 0 spiro atoms. The highest BCUT2D eigenvalue weighted by Crippen LogP contribution is 2.12. The van der Waals surface area contributed by atoms with Gasteiger partial charge in [-0.3, -0.25) is 9.59 Å². The van der Waals surface area contributed by atoms with Crippen molar-refractivity contribution in [3.63, 3.8) is 0 Å². The summed E-state index contributed by atoms with van der Waals surface area (Å²) in [5.41, 5.74) is 1.17. The lowest BCUT2D eigenvalue weighted by atomic mass is 10.1. The zero-order chi connectivity index (χ0) is 21.1. The largest absolute Gasteiger partial charge is 0.464 e. The van der Waals surface area contributed by atoms with Gasteiger partial charge in [0.2, 0.25) is 11.8 Å². The minimum Gasteiger partial charge on any atom is -0.464 e. The topological polar surface area (TPSA) is 63.0 Å². The molecule has 29 heavy (non-hydrogen) atoms. The molecule has 0 aliphatic rings. The molecule has 0 aliphatic carbocycles. The molecule has 6 heteroatoms. The number of amides is 2. The maximum Gasteiger partial charge on any atom is 0.242 e. The van der Waals surface area contributed by atoms with Crippen molar-refractivity contribution < 1.29 is 18.7 Å². The van der Waals surface area contributed by atoms with Crippen molar-refractivity contribution in [3.8, 4) is 0 Å². The van der Waals surface area contributed by atoms with Crippen molar-refractivity contribution in [2.24, 2.45) is 0 Å². The van der Waals surface area contributed by atoms with Crippen LogP contribution in [0.1, 0.15) is 36.8 Å². The molecule has 2 aromatic rings. The number of furan rings is 1. The van der Waals surface area contributed by atoms with Crippen LogP contribution in [-0.4, -0.2) is 55.0 Å². The van der Waals surface area contributed by atoms with Gasteiger partial charge in [0.1, 0.15) is 11.5 Å². The van der Waals surface area contributed by atoms with Crippen LogP contribution in [0.3, 0.4) is 0 Å². The second-order valence-electron chi connectivity index (χ2n) is 7.08. The van der Waals surface area contributed by atoms with E-state index >= 15 is 0 Å². The fourth-order valence-electron chi connectivity index (χ4n) is 3.14. The van der Waals surface area contributed by atoms with Crippen LogP contribution in [0.4, 0.5) is 0 Å². The second-order valence-corrected chi connectivity index (χ2v) is 7.08. The second kappa shape index (κ2) is 12.1. The quantitative estimate of drug-likeness (QED) is 0.512. The van der Waals surface area contributed by atoms with Gasteiger partial charge in [-0.05, 0) is 37.5 Å². The summed E-state index contributed by atoms with van der Waals surface area (Å²) in [7, 11) is 1.63. The number of hydrogen-bond donors (Lipinski definition) is 0. The molecule has 0 aliphatic heterocycles. The van der Waals surface area contributed by atoms with Crippen LogP contribution in [0.15, 0.2) is 46.9 Å². The Kier molecular flexibility index (Phi) is 9.44. The number of methoxy groups -OCH3 is 1. The number of nitrogens with zero attached hydrogens (tertiary/aromatic N) is 2. The van der Waals surface area contributed by atoms with E-state index in [9.17, 15) is 9.59 Å². The third-order valence-corrected chi connectivity index (χ3v) is 4.77. The summed E-state index contributed by atoms with van der Waals surface area (Å²) < 4.78 is 10.8. The minimum absolute atomic E-state index is 0.0219. The Morgan fingerprint density at radius 3 is 2.38 bits per heavy atom. The van der Waals surface area contributed by atoms with Gasteiger partial charge in [0.05, 0.1) is 13.1 Å². The van der Waals surface area contributed by atoms with Crippen molar-refractivity contribution in [2.75, 3.05) is 33.4 Å². The highest BCUT2D eigenvalue weighted by Gasteiger charge is 2.21. The van der Waals surface area contributed by atoms with Crippen molar-refractivity contribution in [1.29, 1.82) is 0 Å². The number of carbonyl (C=O) groups excluding carboxylic acids is 2. The average Bonchev–Trinajstić information content (AvgIpc) is 3.15. The zero-order valence-corrected chi connectivity index (χ0v) is 17.7.